The van der Waals surface area contributed by atoms with E-state index in [0.717, 1.165) is 19.5 Å². The molecule has 0 radical (unpaired) electrons. The van der Waals surface area contributed by atoms with Gasteiger partial charge < -0.3 is 14.6 Å². The fraction of sp³-hybridized carbons (Fsp3) is 0.267. The lowest BCUT2D eigenvalue weighted by Gasteiger charge is -2.30. The van der Waals surface area contributed by atoms with Crippen molar-refractivity contribution in [3.05, 3.63) is 41.8 Å². The van der Waals surface area contributed by atoms with Crippen LogP contribution in [0.5, 0.6) is 5.75 Å². The van der Waals surface area contributed by atoms with Crippen molar-refractivity contribution in [1.82, 2.24) is 9.88 Å². The second-order valence-electron chi connectivity index (χ2n) is 5.22. The average molecular weight is 287 g/mol. The molecule has 0 saturated carbocycles. The average Bonchev–Trinajstić information content (AvgIpc) is 2.95. The standard InChI is InChI=1S/C15H14FN3O2/c16-10-3-1-4-11(7-10)19-9-21-13-8-12(17-14(13)19)15(20)18-5-2-6-18/h1,3-4,7-8,17H,2,5-6,9H2. The van der Waals surface area contributed by atoms with E-state index in [1.54, 1.807) is 23.1 Å². The Labute approximate surface area is 120 Å². The number of nitrogens with zero attached hydrogens (tertiary/aromatic N) is 2. The highest BCUT2D eigenvalue weighted by molar-refractivity contribution is 5.95. The van der Waals surface area contributed by atoms with Gasteiger partial charge in [-0.2, -0.15) is 0 Å². The van der Waals surface area contributed by atoms with Crippen LogP contribution in [-0.4, -0.2) is 35.6 Å². The lowest BCUT2D eigenvalue weighted by atomic mass is 10.2. The summed E-state index contributed by atoms with van der Waals surface area (Å²) in [6.45, 7) is 1.91. The van der Waals surface area contributed by atoms with Gasteiger partial charge in [-0.25, -0.2) is 4.39 Å². The van der Waals surface area contributed by atoms with Crippen LogP contribution in [0.25, 0.3) is 0 Å². The Morgan fingerprint density at radius 2 is 2.14 bits per heavy atom. The van der Waals surface area contributed by atoms with Crippen molar-refractivity contribution in [2.45, 2.75) is 6.42 Å². The minimum atomic E-state index is -0.301. The third-order valence-electron chi connectivity index (χ3n) is 3.87. The second kappa shape index (κ2) is 4.51. The Balaban J connectivity index is 1.65. The number of halogens is 1. The number of hydrogen-bond acceptors (Lipinski definition) is 3. The van der Waals surface area contributed by atoms with Crippen molar-refractivity contribution in [2.75, 3.05) is 24.7 Å². The summed E-state index contributed by atoms with van der Waals surface area (Å²) in [5.74, 6) is 1.01. The molecule has 21 heavy (non-hydrogen) atoms. The van der Waals surface area contributed by atoms with Gasteiger partial charge in [0.05, 0.1) is 0 Å². The summed E-state index contributed by atoms with van der Waals surface area (Å²) < 4.78 is 18.9. The molecular weight excluding hydrogens is 273 g/mol. The van der Waals surface area contributed by atoms with Gasteiger partial charge in [0, 0.05) is 24.8 Å². The molecule has 6 heteroatoms. The molecule has 1 saturated heterocycles. The number of rotatable bonds is 2. The van der Waals surface area contributed by atoms with Crippen LogP contribution in [0, 0.1) is 5.82 Å². The number of aromatic nitrogens is 1. The summed E-state index contributed by atoms with van der Waals surface area (Å²) in [7, 11) is 0. The molecule has 2 aromatic rings. The van der Waals surface area contributed by atoms with Gasteiger partial charge >= 0.3 is 0 Å². The SMILES string of the molecule is O=C(c1cc2c([nH]1)N(c1cccc(F)c1)CO2)N1CCC1. The summed E-state index contributed by atoms with van der Waals surface area (Å²) in [4.78, 5) is 18.9. The van der Waals surface area contributed by atoms with Crippen molar-refractivity contribution in [1.29, 1.82) is 0 Å². The van der Waals surface area contributed by atoms with E-state index < -0.39 is 0 Å². The van der Waals surface area contributed by atoms with Gasteiger partial charge in [-0.3, -0.25) is 9.69 Å². The first-order chi connectivity index (χ1) is 10.2. The van der Waals surface area contributed by atoms with Gasteiger partial charge in [0.2, 0.25) is 0 Å². The minimum absolute atomic E-state index is 0.0153. The second-order valence-corrected chi connectivity index (χ2v) is 5.22. The molecule has 108 valence electrons. The minimum Gasteiger partial charge on any atom is -0.469 e. The van der Waals surface area contributed by atoms with Crippen LogP contribution in [0.4, 0.5) is 15.9 Å². The fourth-order valence-corrected chi connectivity index (χ4v) is 2.59. The number of benzene rings is 1. The number of likely N-dealkylation sites (tertiary alicyclic amines) is 1. The molecule has 3 heterocycles. The van der Waals surface area contributed by atoms with Gasteiger partial charge in [0.15, 0.2) is 18.3 Å². The van der Waals surface area contributed by atoms with Crippen molar-refractivity contribution >= 4 is 17.4 Å². The van der Waals surface area contributed by atoms with Crippen LogP contribution in [0.3, 0.4) is 0 Å². The van der Waals surface area contributed by atoms with Gasteiger partial charge in [-0.1, -0.05) is 6.07 Å². The van der Waals surface area contributed by atoms with E-state index in [-0.39, 0.29) is 11.7 Å². The van der Waals surface area contributed by atoms with Crippen LogP contribution in [0.2, 0.25) is 0 Å². The van der Waals surface area contributed by atoms with Gasteiger partial charge in [-0.05, 0) is 24.6 Å². The number of carbonyl (C=O) groups is 1. The highest BCUT2D eigenvalue weighted by atomic mass is 19.1. The number of carbonyl (C=O) groups excluding carboxylic acids is 1. The molecular formula is C15H14FN3O2. The van der Waals surface area contributed by atoms with E-state index in [9.17, 15) is 9.18 Å². The van der Waals surface area contributed by atoms with Crippen molar-refractivity contribution in [3.63, 3.8) is 0 Å². The topological polar surface area (TPSA) is 48.6 Å². The Morgan fingerprint density at radius 3 is 2.86 bits per heavy atom. The number of amides is 1. The maximum Gasteiger partial charge on any atom is 0.270 e. The number of aromatic amines is 1. The van der Waals surface area contributed by atoms with Gasteiger partial charge in [0.25, 0.3) is 5.91 Å². The van der Waals surface area contributed by atoms with Crippen LogP contribution in [-0.2, 0) is 0 Å². The lowest BCUT2D eigenvalue weighted by Crippen LogP contribution is -2.42. The van der Waals surface area contributed by atoms with E-state index in [0.29, 0.717) is 29.7 Å². The van der Waals surface area contributed by atoms with Crippen molar-refractivity contribution in [3.8, 4) is 5.75 Å². The Morgan fingerprint density at radius 1 is 1.29 bits per heavy atom. The Kier molecular flexibility index (Phi) is 2.63. The third kappa shape index (κ3) is 1.94. The third-order valence-corrected chi connectivity index (χ3v) is 3.87. The molecule has 4 rings (SSSR count). The maximum absolute atomic E-state index is 13.4. The molecule has 0 aliphatic carbocycles. The Bertz CT molecular complexity index is 709. The van der Waals surface area contributed by atoms with Crippen molar-refractivity contribution < 1.29 is 13.9 Å². The highest BCUT2D eigenvalue weighted by Crippen LogP contribution is 2.39. The quantitative estimate of drug-likeness (QED) is 0.923. The predicted molar refractivity (Wildman–Crippen MR) is 75.3 cm³/mol. The zero-order valence-electron chi connectivity index (χ0n) is 11.3. The van der Waals surface area contributed by atoms with Crippen LogP contribution < -0.4 is 9.64 Å². The number of fused-ring (bicyclic) bond motifs is 1. The summed E-state index contributed by atoms with van der Waals surface area (Å²) in [6.07, 6.45) is 1.05. The zero-order chi connectivity index (χ0) is 14.4. The molecule has 1 N–H and O–H groups in total. The first-order valence-electron chi connectivity index (χ1n) is 6.90. The highest BCUT2D eigenvalue weighted by Gasteiger charge is 2.29. The molecule has 5 nitrogen and oxygen atoms in total. The lowest BCUT2D eigenvalue weighted by molar-refractivity contribution is 0.0646. The molecule has 2 aliphatic rings. The normalized spacial score (nSPS) is 16.4. The first-order valence-corrected chi connectivity index (χ1v) is 6.90. The van der Waals surface area contributed by atoms with E-state index >= 15 is 0 Å². The molecule has 1 aromatic carbocycles. The number of H-pyrrole nitrogens is 1. The predicted octanol–water partition coefficient (Wildman–Crippen LogP) is 2.49. The molecule has 0 spiro atoms. The largest absolute Gasteiger partial charge is 0.469 e. The molecule has 0 atom stereocenters. The number of hydrogen-bond donors (Lipinski definition) is 1. The van der Waals surface area contributed by atoms with Crippen LogP contribution in [0.1, 0.15) is 16.9 Å². The van der Waals surface area contributed by atoms with Crippen molar-refractivity contribution in [2.24, 2.45) is 0 Å². The number of nitrogens with one attached hydrogen (secondary N) is 1. The molecule has 1 amide bonds. The maximum atomic E-state index is 13.4. The van der Waals surface area contributed by atoms with Crippen LogP contribution in [0.15, 0.2) is 30.3 Å². The van der Waals surface area contributed by atoms with E-state index in [4.69, 9.17) is 4.74 Å². The summed E-state index contributed by atoms with van der Waals surface area (Å²) in [5.41, 5.74) is 1.21. The van der Waals surface area contributed by atoms with Gasteiger partial charge in [0.1, 0.15) is 11.5 Å². The zero-order valence-corrected chi connectivity index (χ0v) is 11.3. The fourth-order valence-electron chi connectivity index (χ4n) is 2.59. The molecule has 1 fully saturated rings. The summed E-state index contributed by atoms with van der Waals surface area (Å²) >= 11 is 0. The van der Waals surface area contributed by atoms with E-state index in [1.807, 2.05) is 4.90 Å². The summed E-state index contributed by atoms with van der Waals surface area (Å²) in [6, 6.07) is 8.01. The number of ether oxygens (including phenoxy) is 1. The first kappa shape index (κ1) is 12.3. The number of anilines is 2. The smallest absolute Gasteiger partial charge is 0.270 e. The molecule has 0 bridgehead atoms. The Hall–Kier alpha value is -2.50. The molecule has 0 unspecified atom stereocenters. The van der Waals surface area contributed by atoms with Crippen LogP contribution >= 0.6 is 0 Å². The van der Waals surface area contributed by atoms with E-state index in [2.05, 4.69) is 4.98 Å². The van der Waals surface area contributed by atoms with Gasteiger partial charge in [-0.15, -0.1) is 0 Å². The monoisotopic (exact) mass is 287 g/mol. The van der Waals surface area contributed by atoms with E-state index in [1.165, 1.54) is 12.1 Å². The molecule has 2 aliphatic heterocycles. The summed E-state index contributed by atoms with van der Waals surface area (Å²) in [5, 5.41) is 0. The molecule has 1 aromatic heterocycles.